The standard InChI is InChI=1S/C20H26FN3O3/c1-22(2)19(27)24-10-14-9-23(18(26)20(12-25)6-7-20)11-16(14)17(24)13-4-3-5-15(21)8-13/h3-5,8,14,16-17,25H,6-7,9-12H2,1-2H3/t14-,16-,17-/m1/s1. The van der Waals surface area contributed by atoms with Crippen LogP contribution >= 0.6 is 0 Å². The molecule has 6 nitrogen and oxygen atoms in total. The number of nitrogens with zero attached hydrogens (tertiary/aromatic N) is 3. The molecule has 27 heavy (non-hydrogen) atoms. The molecule has 3 amide bonds. The molecule has 0 aromatic heterocycles. The van der Waals surface area contributed by atoms with Gasteiger partial charge in [-0.3, -0.25) is 4.79 Å². The van der Waals surface area contributed by atoms with Gasteiger partial charge in [0.05, 0.1) is 18.1 Å². The van der Waals surface area contributed by atoms with E-state index in [0.29, 0.717) is 19.6 Å². The van der Waals surface area contributed by atoms with Gasteiger partial charge in [-0.2, -0.15) is 0 Å². The van der Waals surface area contributed by atoms with E-state index < -0.39 is 5.41 Å². The minimum Gasteiger partial charge on any atom is -0.395 e. The number of hydrogen-bond donors (Lipinski definition) is 1. The maximum Gasteiger partial charge on any atom is 0.320 e. The van der Waals surface area contributed by atoms with Crippen molar-refractivity contribution in [1.29, 1.82) is 0 Å². The molecule has 1 saturated carbocycles. The summed E-state index contributed by atoms with van der Waals surface area (Å²) in [6.07, 6.45) is 1.49. The summed E-state index contributed by atoms with van der Waals surface area (Å²) in [5, 5.41) is 9.58. The molecule has 7 heteroatoms. The third-order valence-electron chi connectivity index (χ3n) is 6.38. The van der Waals surface area contributed by atoms with Gasteiger partial charge in [-0.05, 0) is 30.5 Å². The van der Waals surface area contributed by atoms with Crippen LogP contribution in [0.2, 0.25) is 0 Å². The van der Waals surface area contributed by atoms with Crippen molar-refractivity contribution in [3.63, 3.8) is 0 Å². The number of aliphatic hydroxyl groups excluding tert-OH is 1. The number of carbonyl (C=O) groups is 2. The predicted molar refractivity (Wildman–Crippen MR) is 97.2 cm³/mol. The second kappa shape index (κ2) is 6.48. The third-order valence-corrected chi connectivity index (χ3v) is 6.38. The van der Waals surface area contributed by atoms with Gasteiger partial charge in [-0.15, -0.1) is 0 Å². The predicted octanol–water partition coefficient (Wildman–Crippen LogP) is 1.71. The van der Waals surface area contributed by atoms with Crippen molar-refractivity contribution < 1.29 is 19.1 Å². The summed E-state index contributed by atoms with van der Waals surface area (Å²) in [6, 6.07) is 6.07. The molecule has 2 aliphatic heterocycles. The molecule has 2 saturated heterocycles. The number of benzene rings is 1. The first-order valence-corrected chi connectivity index (χ1v) is 9.50. The van der Waals surface area contributed by atoms with Crippen LogP contribution in [0.3, 0.4) is 0 Å². The van der Waals surface area contributed by atoms with Crippen molar-refractivity contribution in [2.24, 2.45) is 17.3 Å². The summed E-state index contributed by atoms with van der Waals surface area (Å²) in [4.78, 5) is 30.8. The average Bonchev–Trinajstić information content (AvgIpc) is 3.21. The molecule has 3 aliphatic rings. The fraction of sp³-hybridized carbons (Fsp3) is 0.600. The van der Waals surface area contributed by atoms with E-state index in [1.165, 1.54) is 12.1 Å². The maximum absolute atomic E-state index is 13.9. The van der Waals surface area contributed by atoms with Crippen LogP contribution in [-0.2, 0) is 4.79 Å². The minimum atomic E-state index is -0.577. The number of hydrogen-bond acceptors (Lipinski definition) is 3. The number of aliphatic hydroxyl groups is 1. The van der Waals surface area contributed by atoms with Gasteiger partial charge in [0.15, 0.2) is 0 Å². The van der Waals surface area contributed by atoms with Gasteiger partial charge >= 0.3 is 6.03 Å². The van der Waals surface area contributed by atoms with Crippen molar-refractivity contribution >= 4 is 11.9 Å². The molecular formula is C20H26FN3O3. The van der Waals surface area contributed by atoms with Crippen molar-refractivity contribution in [3.8, 4) is 0 Å². The molecule has 0 spiro atoms. The van der Waals surface area contributed by atoms with E-state index >= 15 is 0 Å². The van der Waals surface area contributed by atoms with E-state index in [2.05, 4.69) is 0 Å². The third kappa shape index (κ3) is 2.98. The highest BCUT2D eigenvalue weighted by molar-refractivity contribution is 5.86. The Bertz CT molecular complexity index is 765. The molecule has 3 fully saturated rings. The summed E-state index contributed by atoms with van der Waals surface area (Å²) < 4.78 is 13.9. The molecule has 1 N–H and O–H groups in total. The summed E-state index contributed by atoms with van der Waals surface area (Å²) in [7, 11) is 3.43. The molecule has 0 unspecified atom stereocenters. The molecule has 1 aromatic carbocycles. The van der Waals surface area contributed by atoms with Gasteiger partial charge < -0.3 is 19.8 Å². The largest absolute Gasteiger partial charge is 0.395 e. The summed E-state index contributed by atoms with van der Waals surface area (Å²) in [6.45, 7) is 1.59. The maximum atomic E-state index is 13.9. The lowest BCUT2D eigenvalue weighted by molar-refractivity contribution is -0.137. The number of carbonyl (C=O) groups excluding carboxylic acids is 2. The van der Waals surface area contributed by atoms with Crippen LogP contribution in [0, 0.1) is 23.1 Å². The average molecular weight is 375 g/mol. The SMILES string of the molecule is CN(C)C(=O)N1C[C@H]2CN(C(=O)C3(CO)CC3)C[C@H]2[C@H]1c1cccc(F)c1. The Kier molecular flexibility index (Phi) is 4.37. The zero-order valence-corrected chi connectivity index (χ0v) is 15.8. The number of fused-ring (bicyclic) bond motifs is 1. The van der Waals surface area contributed by atoms with E-state index in [-0.39, 0.29) is 42.2 Å². The van der Waals surface area contributed by atoms with Crippen molar-refractivity contribution in [2.75, 3.05) is 40.3 Å². The Labute approximate surface area is 158 Å². The second-order valence-electron chi connectivity index (χ2n) is 8.40. The topological polar surface area (TPSA) is 64.1 Å². The Morgan fingerprint density at radius 1 is 1.26 bits per heavy atom. The van der Waals surface area contributed by atoms with Gasteiger partial charge in [0, 0.05) is 45.6 Å². The van der Waals surface area contributed by atoms with Gasteiger partial charge in [-0.1, -0.05) is 12.1 Å². The number of rotatable bonds is 3. The Morgan fingerprint density at radius 2 is 2.00 bits per heavy atom. The zero-order valence-electron chi connectivity index (χ0n) is 15.8. The summed E-state index contributed by atoms with van der Waals surface area (Å²) in [5.74, 6) is -0.0472. The van der Waals surface area contributed by atoms with E-state index in [1.807, 2.05) is 15.9 Å². The second-order valence-corrected chi connectivity index (χ2v) is 8.40. The van der Waals surface area contributed by atoms with Gasteiger partial charge in [0.25, 0.3) is 0 Å². The highest BCUT2D eigenvalue weighted by Gasteiger charge is 2.56. The van der Waals surface area contributed by atoms with Crippen LogP contribution in [0.5, 0.6) is 0 Å². The molecule has 3 atom stereocenters. The highest BCUT2D eigenvalue weighted by Crippen LogP contribution is 2.50. The Hall–Kier alpha value is -2.15. The number of likely N-dealkylation sites (tertiary alicyclic amines) is 2. The van der Waals surface area contributed by atoms with Crippen molar-refractivity contribution in [2.45, 2.75) is 18.9 Å². The van der Waals surface area contributed by atoms with Gasteiger partial charge in [0.2, 0.25) is 5.91 Å². The fourth-order valence-electron chi connectivity index (χ4n) is 4.71. The molecule has 0 radical (unpaired) electrons. The van der Waals surface area contributed by atoms with Gasteiger partial charge in [-0.25, -0.2) is 9.18 Å². The monoisotopic (exact) mass is 375 g/mol. The van der Waals surface area contributed by atoms with Crippen LogP contribution in [-0.4, -0.2) is 72.1 Å². The van der Waals surface area contributed by atoms with Gasteiger partial charge in [0.1, 0.15) is 5.82 Å². The Morgan fingerprint density at radius 3 is 2.59 bits per heavy atom. The molecular weight excluding hydrogens is 349 g/mol. The highest BCUT2D eigenvalue weighted by atomic mass is 19.1. The molecule has 1 aliphatic carbocycles. The number of amides is 3. The van der Waals surface area contributed by atoms with Crippen molar-refractivity contribution in [3.05, 3.63) is 35.6 Å². The van der Waals surface area contributed by atoms with E-state index in [1.54, 1.807) is 25.1 Å². The first-order valence-electron chi connectivity index (χ1n) is 9.50. The van der Waals surface area contributed by atoms with Crippen molar-refractivity contribution in [1.82, 2.24) is 14.7 Å². The first kappa shape index (κ1) is 18.2. The number of halogens is 1. The van der Waals surface area contributed by atoms with Crippen LogP contribution in [0.25, 0.3) is 0 Å². The van der Waals surface area contributed by atoms with E-state index in [4.69, 9.17) is 0 Å². The number of urea groups is 1. The van der Waals surface area contributed by atoms with Crippen LogP contribution in [0.1, 0.15) is 24.4 Å². The normalized spacial score (nSPS) is 28.2. The molecule has 2 heterocycles. The summed E-state index contributed by atoms with van der Waals surface area (Å²) in [5.41, 5.74) is 0.196. The molecule has 1 aromatic rings. The lowest BCUT2D eigenvalue weighted by atomic mass is 9.89. The summed E-state index contributed by atoms with van der Waals surface area (Å²) >= 11 is 0. The van der Waals surface area contributed by atoms with Crippen LogP contribution in [0.4, 0.5) is 9.18 Å². The van der Waals surface area contributed by atoms with Crippen LogP contribution in [0.15, 0.2) is 24.3 Å². The smallest absolute Gasteiger partial charge is 0.320 e. The Balaban J connectivity index is 1.61. The fourth-order valence-corrected chi connectivity index (χ4v) is 4.71. The lowest BCUT2D eigenvalue weighted by Gasteiger charge is -2.32. The lowest BCUT2D eigenvalue weighted by Crippen LogP contribution is -2.43. The quantitative estimate of drug-likeness (QED) is 0.875. The zero-order chi connectivity index (χ0) is 19.3. The molecule has 0 bridgehead atoms. The van der Waals surface area contributed by atoms with Crippen LogP contribution < -0.4 is 0 Å². The molecule has 4 rings (SSSR count). The minimum absolute atomic E-state index is 0.0304. The van der Waals surface area contributed by atoms with E-state index in [9.17, 15) is 19.1 Å². The first-order chi connectivity index (χ1) is 12.9. The molecule has 146 valence electrons. The van der Waals surface area contributed by atoms with E-state index in [0.717, 1.165) is 18.4 Å².